The van der Waals surface area contributed by atoms with Gasteiger partial charge in [0.1, 0.15) is 11.6 Å². The van der Waals surface area contributed by atoms with Gasteiger partial charge in [-0.15, -0.1) is 0 Å². The van der Waals surface area contributed by atoms with Gasteiger partial charge >= 0.3 is 0 Å². The molecule has 1 saturated carbocycles. The summed E-state index contributed by atoms with van der Waals surface area (Å²) in [5, 5.41) is 0. The van der Waals surface area contributed by atoms with Gasteiger partial charge in [0, 0.05) is 5.92 Å². The number of hydrogen-bond acceptors (Lipinski definition) is 5. The Balaban J connectivity index is 2.36. The van der Waals surface area contributed by atoms with Crippen molar-refractivity contribution in [2.24, 2.45) is 5.84 Å². The van der Waals surface area contributed by atoms with Crippen molar-refractivity contribution < 1.29 is 4.74 Å². The highest BCUT2D eigenvalue weighted by molar-refractivity contribution is 5.48. The zero-order valence-electron chi connectivity index (χ0n) is 9.95. The van der Waals surface area contributed by atoms with Gasteiger partial charge < -0.3 is 10.2 Å². The molecule has 16 heavy (non-hydrogen) atoms. The van der Waals surface area contributed by atoms with E-state index in [1.165, 1.54) is 0 Å². The van der Waals surface area contributed by atoms with Gasteiger partial charge in [0.05, 0.1) is 11.7 Å². The van der Waals surface area contributed by atoms with Gasteiger partial charge in [-0.2, -0.15) is 4.98 Å². The van der Waals surface area contributed by atoms with E-state index in [2.05, 4.69) is 15.4 Å². The second kappa shape index (κ2) is 4.25. The molecular weight excluding hydrogens is 204 g/mol. The van der Waals surface area contributed by atoms with E-state index in [-0.39, 0.29) is 6.10 Å². The molecule has 0 unspecified atom stereocenters. The minimum Gasteiger partial charge on any atom is -0.475 e. The Labute approximate surface area is 95.4 Å². The molecule has 5 nitrogen and oxygen atoms in total. The lowest BCUT2D eigenvalue weighted by molar-refractivity contribution is 0.230. The van der Waals surface area contributed by atoms with Crippen LogP contribution in [0.4, 0.5) is 5.82 Å². The number of aromatic nitrogens is 2. The van der Waals surface area contributed by atoms with Crippen molar-refractivity contribution in [3.05, 3.63) is 11.4 Å². The van der Waals surface area contributed by atoms with Crippen LogP contribution in [0.3, 0.4) is 0 Å². The van der Waals surface area contributed by atoms with Crippen molar-refractivity contribution in [3.63, 3.8) is 0 Å². The summed E-state index contributed by atoms with van der Waals surface area (Å²) in [7, 11) is 0. The number of nitrogen functional groups attached to an aromatic ring is 1. The normalized spacial score (nSPS) is 15.3. The highest BCUT2D eigenvalue weighted by Crippen LogP contribution is 2.39. The third-order valence-electron chi connectivity index (χ3n) is 2.55. The van der Waals surface area contributed by atoms with E-state index in [1.54, 1.807) is 0 Å². The second-order valence-corrected chi connectivity index (χ2v) is 4.45. The van der Waals surface area contributed by atoms with E-state index >= 15 is 0 Å². The number of anilines is 1. The number of hydrogen-bond donors (Lipinski definition) is 2. The van der Waals surface area contributed by atoms with E-state index in [1.807, 2.05) is 20.8 Å². The molecule has 1 aromatic heterocycles. The van der Waals surface area contributed by atoms with Gasteiger partial charge in [-0.3, -0.25) is 0 Å². The summed E-state index contributed by atoms with van der Waals surface area (Å²) in [6.07, 6.45) is 2.42. The van der Waals surface area contributed by atoms with Gasteiger partial charge in [-0.25, -0.2) is 10.8 Å². The molecule has 0 saturated heterocycles. The molecule has 0 bridgehead atoms. The summed E-state index contributed by atoms with van der Waals surface area (Å²) >= 11 is 0. The lowest BCUT2D eigenvalue weighted by Gasteiger charge is -2.14. The molecule has 1 heterocycles. The van der Waals surface area contributed by atoms with Crippen LogP contribution in [-0.2, 0) is 0 Å². The first-order valence-electron chi connectivity index (χ1n) is 5.63. The Kier molecular flexibility index (Phi) is 2.96. The van der Waals surface area contributed by atoms with Crippen LogP contribution in [0, 0.1) is 6.92 Å². The Bertz CT molecular complexity index is 388. The van der Waals surface area contributed by atoms with Crippen molar-refractivity contribution >= 4 is 5.82 Å². The van der Waals surface area contributed by atoms with Crippen molar-refractivity contribution in [2.45, 2.75) is 45.6 Å². The molecule has 3 N–H and O–H groups in total. The minimum absolute atomic E-state index is 0.103. The number of nitrogens with zero attached hydrogens (tertiary/aromatic N) is 2. The fourth-order valence-corrected chi connectivity index (χ4v) is 1.52. The van der Waals surface area contributed by atoms with Gasteiger partial charge in [0.15, 0.2) is 0 Å². The molecule has 88 valence electrons. The summed E-state index contributed by atoms with van der Waals surface area (Å²) in [5.41, 5.74) is 3.46. The standard InChI is InChI=1S/C11H18N4O/c1-6(2)16-11-7(3)9(15-12)13-10(14-11)8-4-5-8/h6,8H,4-5,12H2,1-3H3,(H,13,14,15). The van der Waals surface area contributed by atoms with Crippen molar-refractivity contribution in [1.82, 2.24) is 9.97 Å². The number of hydrazine groups is 1. The van der Waals surface area contributed by atoms with Crippen LogP contribution in [-0.4, -0.2) is 16.1 Å². The predicted octanol–water partition coefficient (Wildman–Crippen LogP) is 1.74. The van der Waals surface area contributed by atoms with Gasteiger partial charge in [-0.1, -0.05) is 0 Å². The molecule has 0 spiro atoms. The Hall–Kier alpha value is -1.36. The lowest BCUT2D eigenvalue weighted by Crippen LogP contribution is -2.15. The topological polar surface area (TPSA) is 73.1 Å². The SMILES string of the molecule is Cc1c(NN)nc(C2CC2)nc1OC(C)C. The summed E-state index contributed by atoms with van der Waals surface area (Å²) in [4.78, 5) is 8.85. The number of nitrogens with one attached hydrogen (secondary N) is 1. The monoisotopic (exact) mass is 222 g/mol. The maximum Gasteiger partial charge on any atom is 0.222 e. The van der Waals surface area contributed by atoms with Gasteiger partial charge in [0.2, 0.25) is 5.88 Å². The molecule has 1 aliphatic carbocycles. The molecule has 2 rings (SSSR count). The predicted molar refractivity (Wildman–Crippen MR) is 62.3 cm³/mol. The van der Waals surface area contributed by atoms with E-state index in [9.17, 15) is 0 Å². The molecule has 0 radical (unpaired) electrons. The van der Waals surface area contributed by atoms with E-state index < -0.39 is 0 Å². The van der Waals surface area contributed by atoms with E-state index in [0.717, 1.165) is 24.2 Å². The van der Waals surface area contributed by atoms with Crippen LogP contribution >= 0.6 is 0 Å². The Morgan fingerprint density at radius 1 is 1.38 bits per heavy atom. The van der Waals surface area contributed by atoms with Crippen LogP contribution in [0.1, 0.15) is 44.0 Å². The first-order chi connectivity index (χ1) is 7.61. The molecule has 0 aromatic carbocycles. The molecule has 0 aliphatic heterocycles. The maximum absolute atomic E-state index is 5.66. The van der Waals surface area contributed by atoms with E-state index in [0.29, 0.717) is 17.6 Å². The van der Waals surface area contributed by atoms with Crippen LogP contribution in [0.2, 0.25) is 0 Å². The third-order valence-corrected chi connectivity index (χ3v) is 2.55. The highest BCUT2D eigenvalue weighted by atomic mass is 16.5. The number of nitrogens with two attached hydrogens (primary N) is 1. The van der Waals surface area contributed by atoms with Crippen molar-refractivity contribution in [1.29, 1.82) is 0 Å². The quantitative estimate of drug-likeness (QED) is 0.599. The first-order valence-corrected chi connectivity index (χ1v) is 5.63. The molecule has 1 aliphatic rings. The van der Waals surface area contributed by atoms with E-state index in [4.69, 9.17) is 10.6 Å². The molecule has 1 aromatic rings. The first kappa shape index (κ1) is 11.1. The fraction of sp³-hybridized carbons (Fsp3) is 0.636. The summed E-state index contributed by atoms with van der Waals surface area (Å²) < 4.78 is 5.66. The molecular formula is C11H18N4O. The van der Waals surface area contributed by atoms with Crippen LogP contribution in [0.25, 0.3) is 0 Å². The van der Waals surface area contributed by atoms with Crippen LogP contribution < -0.4 is 16.0 Å². The fourth-order valence-electron chi connectivity index (χ4n) is 1.52. The Morgan fingerprint density at radius 3 is 2.56 bits per heavy atom. The number of rotatable bonds is 4. The van der Waals surface area contributed by atoms with Gasteiger partial charge in [0.25, 0.3) is 0 Å². The molecule has 5 heteroatoms. The van der Waals surface area contributed by atoms with Crippen molar-refractivity contribution in [3.8, 4) is 5.88 Å². The smallest absolute Gasteiger partial charge is 0.222 e. The summed E-state index contributed by atoms with van der Waals surface area (Å²) in [6.45, 7) is 5.87. The van der Waals surface area contributed by atoms with Crippen LogP contribution in [0.15, 0.2) is 0 Å². The lowest BCUT2D eigenvalue weighted by atomic mass is 10.3. The minimum atomic E-state index is 0.103. The molecule has 0 amide bonds. The maximum atomic E-state index is 5.66. The van der Waals surface area contributed by atoms with Gasteiger partial charge in [-0.05, 0) is 33.6 Å². The number of ether oxygens (including phenoxy) is 1. The second-order valence-electron chi connectivity index (χ2n) is 4.45. The average Bonchev–Trinajstić information content (AvgIpc) is 3.04. The molecule has 0 atom stereocenters. The Morgan fingerprint density at radius 2 is 2.06 bits per heavy atom. The average molecular weight is 222 g/mol. The summed E-state index contributed by atoms with van der Waals surface area (Å²) in [5.74, 6) is 8.07. The zero-order chi connectivity index (χ0) is 11.7. The summed E-state index contributed by atoms with van der Waals surface area (Å²) in [6, 6.07) is 0. The zero-order valence-corrected chi connectivity index (χ0v) is 9.95. The van der Waals surface area contributed by atoms with Crippen molar-refractivity contribution in [2.75, 3.05) is 5.43 Å². The molecule has 1 fully saturated rings. The third kappa shape index (κ3) is 2.24. The van der Waals surface area contributed by atoms with Crippen LogP contribution in [0.5, 0.6) is 5.88 Å². The highest BCUT2D eigenvalue weighted by Gasteiger charge is 2.28. The largest absolute Gasteiger partial charge is 0.475 e.